The maximum Gasteiger partial charge on any atom is 0.0594 e. The summed E-state index contributed by atoms with van der Waals surface area (Å²) < 4.78 is 0. The lowest BCUT2D eigenvalue weighted by atomic mass is 9.33. The molecule has 4 saturated carbocycles. The summed E-state index contributed by atoms with van der Waals surface area (Å²) in [7, 11) is 0. The number of allylic oxidation sites excluding steroid dienone is 2. The maximum absolute atomic E-state index is 10.9. The van der Waals surface area contributed by atoms with Gasteiger partial charge in [0.1, 0.15) is 0 Å². The predicted molar refractivity (Wildman–Crippen MR) is 131 cm³/mol. The Morgan fingerprint density at radius 2 is 1.45 bits per heavy atom. The molecule has 5 aliphatic carbocycles. The third-order valence-electron chi connectivity index (χ3n) is 13.0. The number of rotatable bonds is 0. The van der Waals surface area contributed by atoms with Gasteiger partial charge in [-0.25, -0.2) is 0 Å². The summed E-state index contributed by atoms with van der Waals surface area (Å²) in [5.74, 6) is 2.21. The highest BCUT2D eigenvalue weighted by atomic mass is 16.3. The minimum absolute atomic E-state index is 0.0533. The normalized spacial score (nSPS) is 55.2. The molecular formula is C30H50O. The minimum atomic E-state index is -0.125. The number of hydrogen-bond donors (Lipinski definition) is 1. The molecule has 1 N–H and O–H groups in total. The molecule has 0 bridgehead atoms. The van der Waals surface area contributed by atoms with E-state index in [0.717, 1.165) is 18.3 Å². The van der Waals surface area contributed by atoms with Gasteiger partial charge in [-0.2, -0.15) is 0 Å². The summed E-state index contributed by atoms with van der Waals surface area (Å²) in [6.45, 7) is 20.4. The minimum Gasteiger partial charge on any atom is -0.393 e. The summed E-state index contributed by atoms with van der Waals surface area (Å²) in [4.78, 5) is 0. The van der Waals surface area contributed by atoms with Crippen LogP contribution in [-0.4, -0.2) is 11.2 Å². The molecule has 0 aliphatic heterocycles. The summed E-state index contributed by atoms with van der Waals surface area (Å²) in [5, 5.41) is 10.9. The molecule has 5 aliphatic rings. The van der Waals surface area contributed by atoms with Crippen molar-refractivity contribution in [3.63, 3.8) is 0 Å². The van der Waals surface area contributed by atoms with Crippen molar-refractivity contribution in [3.05, 3.63) is 11.6 Å². The van der Waals surface area contributed by atoms with Crippen LogP contribution in [0.25, 0.3) is 0 Å². The highest BCUT2D eigenvalue weighted by Gasteiger charge is 2.67. The molecule has 0 unspecified atom stereocenters. The second-order valence-electron chi connectivity index (χ2n) is 15.2. The van der Waals surface area contributed by atoms with E-state index in [2.05, 4.69) is 61.5 Å². The fourth-order valence-electron chi connectivity index (χ4n) is 10.5. The summed E-state index contributed by atoms with van der Waals surface area (Å²) in [5.41, 5.74) is 4.09. The Morgan fingerprint density at radius 1 is 0.774 bits per heavy atom. The molecule has 0 amide bonds. The van der Waals surface area contributed by atoms with Crippen molar-refractivity contribution in [2.45, 2.75) is 126 Å². The molecule has 1 nitrogen and oxygen atoms in total. The maximum atomic E-state index is 10.9. The summed E-state index contributed by atoms with van der Waals surface area (Å²) in [6.07, 6.45) is 15.9. The van der Waals surface area contributed by atoms with Crippen molar-refractivity contribution in [1.29, 1.82) is 0 Å². The molecule has 0 heterocycles. The van der Waals surface area contributed by atoms with Gasteiger partial charge in [0.15, 0.2) is 0 Å². The first-order chi connectivity index (χ1) is 14.2. The van der Waals surface area contributed by atoms with E-state index in [4.69, 9.17) is 0 Å². The van der Waals surface area contributed by atoms with E-state index in [0.29, 0.717) is 33.0 Å². The van der Waals surface area contributed by atoms with E-state index in [1.54, 1.807) is 0 Å². The van der Waals surface area contributed by atoms with Crippen LogP contribution in [0.2, 0.25) is 0 Å². The standard InChI is InChI=1S/C30H50O/c1-25(2)15-16-27(5)17-18-29(7)20(21(27)19-25)9-10-23-28(6)13-12-24(31)26(3,4)22(28)11-14-30(23,29)8/h9,21-24,31H,10-19H2,1-8H3/t21-,22+,23+,24+,27-,28+,29-,30+/m0/s1. The number of hydrogen-bond acceptors (Lipinski definition) is 1. The molecule has 0 aromatic rings. The van der Waals surface area contributed by atoms with Crippen LogP contribution in [0.1, 0.15) is 120 Å². The van der Waals surface area contributed by atoms with Crippen LogP contribution in [-0.2, 0) is 0 Å². The van der Waals surface area contributed by atoms with Crippen LogP contribution in [0.5, 0.6) is 0 Å². The molecule has 5 rings (SSSR count). The van der Waals surface area contributed by atoms with Crippen molar-refractivity contribution < 1.29 is 5.11 Å². The van der Waals surface area contributed by atoms with Crippen LogP contribution >= 0.6 is 0 Å². The van der Waals surface area contributed by atoms with Gasteiger partial charge in [0, 0.05) is 0 Å². The lowest BCUT2D eigenvalue weighted by Gasteiger charge is -2.71. The Kier molecular flexibility index (Phi) is 4.66. The quantitative estimate of drug-likeness (QED) is 0.387. The summed E-state index contributed by atoms with van der Waals surface area (Å²) in [6, 6.07) is 0. The van der Waals surface area contributed by atoms with Gasteiger partial charge in [-0.05, 0) is 114 Å². The molecule has 0 aromatic carbocycles. The lowest BCUT2D eigenvalue weighted by molar-refractivity contribution is -0.202. The Labute approximate surface area is 192 Å². The first-order valence-electron chi connectivity index (χ1n) is 13.6. The van der Waals surface area contributed by atoms with Crippen LogP contribution in [0.15, 0.2) is 11.6 Å². The van der Waals surface area contributed by atoms with Gasteiger partial charge in [-0.1, -0.05) is 67.0 Å². The van der Waals surface area contributed by atoms with E-state index < -0.39 is 0 Å². The van der Waals surface area contributed by atoms with Gasteiger partial charge >= 0.3 is 0 Å². The third kappa shape index (κ3) is 2.77. The zero-order valence-corrected chi connectivity index (χ0v) is 21.9. The number of fused-ring (bicyclic) bond motifs is 7. The molecule has 1 heteroatoms. The van der Waals surface area contributed by atoms with Crippen LogP contribution in [0.3, 0.4) is 0 Å². The van der Waals surface area contributed by atoms with E-state index in [1.165, 1.54) is 57.8 Å². The first kappa shape index (κ1) is 22.5. The van der Waals surface area contributed by atoms with Gasteiger partial charge in [-0.3, -0.25) is 0 Å². The zero-order chi connectivity index (χ0) is 22.7. The van der Waals surface area contributed by atoms with Crippen LogP contribution < -0.4 is 0 Å². The van der Waals surface area contributed by atoms with E-state index in [1.807, 2.05) is 5.57 Å². The predicted octanol–water partition coefficient (Wildman–Crippen LogP) is 8.17. The third-order valence-corrected chi connectivity index (χ3v) is 13.0. The molecule has 176 valence electrons. The Balaban J connectivity index is 1.57. The smallest absolute Gasteiger partial charge is 0.0594 e. The molecule has 31 heavy (non-hydrogen) atoms. The molecule has 0 aromatic heterocycles. The van der Waals surface area contributed by atoms with E-state index in [-0.39, 0.29) is 11.5 Å². The van der Waals surface area contributed by atoms with Crippen molar-refractivity contribution in [1.82, 2.24) is 0 Å². The second-order valence-corrected chi connectivity index (χ2v) is 15.2. The molecule has 0 saturated heterocycles. The van der Waals surface area contributed by atoms with Gasteiger partial charge in [0.05, 0.1) is 6.10 Å². The molecule has 0 radical (unpaired) electrons. The van der Waals surface area contributed by atoms with Crippen LogP contribution in [0, 0.1) is 50.2 Å². The monoisotopic (exact) mass is 426 g/mol. The largest absolute Gasteiger partial charge is 0.393 e. The SMILES string of the molecule is CC1(C)CC[C@@]2(C)CC[C@@]3(C)C(=CC[C@@H]4[C@]5(C)CC[C@@H](O)C(C)(C)[C@H]5CC[C@]43C)[C@@H]2C1. The van der Waals surface area contributed by atoms with Gasteiger partial charge in [-0.15, -0.1) is 0 Å². The van der Waals surface area contributed by atoms with Crippen molar-refractivity contribution >= 4 is 0 Å². The highest BCUT2D eigenvalue weighted by molar-refractivity contribution is 5.33. The van der Waals surface area contributed by atoms with Crippen molar-refractivity contribution in [2.24, 2.45) is 50.2 Å². The number of aliphatic hydroxyl groups excluding tert-OH is 1. The van der Waals surface area contributed by atoms with Gasteiger partial charge in [0.25, 0.3) is 0 Å². The Morgan fingerprint density at radius 3 is 2.16 bits per heavy atom. The number of aliphatic hydroxyl groups is 1. The fourth-order valence-corrected chi connectivity index (χ4v) is 10.5. The Bertz CT molecular complexity index is 790. The Hall–Kier alpha value is -0.300. The van der Waals surface area contributed by atoms with E-state index in [9.17, 15) is 5.11 Å². The molecule has 4 fully saturated rings. The lowest BCUT2D eigenvalue weighted by Crippen LogP contribution is -2.64. The summed E-state index contributed by atoms with van der Waals surface area (Å²) >= 11 is 0. The average molecular weight is 427 g/mol. The van der Waals surface area contributed by atoms with Crippen molar-refractivity contribution in [3.8, 4) is 0 Å². The zero-order valence-electron chi connectivity index (χ0n) is 21.9. The molecule has 0 spiro atoms. The topological polar surface area (TPSA) is 20.2 Å². The second kappa shape index (κ2) is 6.43. The molecule has 8 atom stereocenters. The van der Waals surface area contributed by atoms with Gasteiger partial charge < -0.3 is 5.11 Å². The van der Waals surface area contributed by atoms with Crippen LogP contribution in [0.4, 0.5) is 0 Å². The first-order valence-corrected chi connectivity index (χ1v) is 13.6. The highest BCUT2D eigenvalue weighted by Crippen LogP contribution is 2.75. The van der Waals surface area contributed by atoms with Gasteiger partial charge in [0.2, 0.25) is 0 Å². The fraction of sp³-hybridized carbons (Fsp3) is 0.933. The average Bonchev–Trinajstić information content (AvgIpc) is 2.67. The van der Waals surface area contributed by atoms with Crippen molar-refractivity contribution in [2.75, 3.05) is 0 Å². The van der Waals surface area contributed by atoms with E-state index >= 15 is 0 Å². The molecular weight excluding hydrogens is 376 g/mol.